The molecule has 0 bridgehead atoms. The Bertz CT molecular complexity index is 1690. The minimum Gasteiger partial charge on any atom is -0.508 e. The highest BCUT2D eigenvalue weighted by molar-refractivity contribution is 6.24. The first-order valence-electron chi connectivity index (χ1n) is 14.1. The quantitative estimate of drug-likeness (QED) is 0.249. The summed E-state index contributed by atoms with van der Waals surface area (Å²) in [5.41, 5.74) is 4.91. The zero-order chi connectivity index (χ0) is 32.2. The fraction of sp³-hybridized carbons (Fsp3) is 0.375. The minimum atomic E-state index is -2.69. The molecule has 0 heterocycles. The van der Waals surface area contributed by atoms with Crippen molar-refractivity contribution >= 4 is 28.9 Å². The van der Waals surface area contributed by atoms with Crippen LogP contribution in [0.3, 0.4) is 0 Å². The molecule has 1 fully saturated rings. The Kier molecular flexibility index (Phi) is 7.75. The maximum absolute atomic E-state index is 14.1. The van der Waals surface area contributed by atoms with Gasteiger partial charge >= 0.3 is 0 Å². The molecular formula is C32H35N5O7. The van der Waals surface area contributed by atoms with Crippen LogP contribution in [0.5, 0.6) is 5.75 Å². The van der Waals surface area contributed by atoms with Crippen LogP contribution in [0.15, 0.2) is 47.2 Å². The molecule has 5 rings (SSSR count). The summed E-state index contributed by atoms with van der Waals surface area (Å²) in [6, 6.07) is 9.79. The molecule has 230 valence electrons. The van der Waals surface area contributed by atoms with Crippen LogP contribution in [0.4, 0.5) is 5.69 Å². The summed E-state index contributed by atoms with van der Waals surface area (Å²) in [6.07, 6.45) is 0.224. The van der Waals surface area contributed by atoms with E-state index < -0.39 is 58.0 Å². The number of nitrogens with one attached hydrogen (secondary N) is 1. The van der Waals surface area contributed by atoms with Crippen LogP contribution in [-0.2, 0) is 33.9 Å². The summed E-state index contributed by atoms with van der Waals surface area (Å²) in [6.45, 7) is 0.630. The van der Waals surface area contributed by atoms with Crippen molar-refractivity contribution in [2.45, 2.75) is 37.6 Å². The first-order valence-corrected chi connectivity index (χ1v) is 14.1. The van der Waals surface area contributed by atoms with E-state index >= 15 is 0 Å². The molecule has 2 aromatic carbocycles. The number of aliphatic hydroxyl groups is 3. The van der Waals surface area contributed by atoms with Gasteiger partial charge in [0.05, 0.1) is 23.2 Å². The van der Waals surface area contributed by atoms with Crippen molar-refractivity contribution in [2.24, 2.45) is 17.6 Å². The predicted octanol–water partition coefficient (Wildman–Crippen LogP) is 1.19. The minimum absolute atomic E-state index is 0.0211. The highest BCUT2D eigenvalue weighted by Crippen LogP contribution is 2.54. The predicted molar refractivity (Wildman–Crippen MR) is 160 cm³/mol. The van der Waals surface area contributed by atoms with Gasteiger partial charge in [0, 0.05) is 49.9 Å². The number of carbonyl (C=O) groups excluding carboxylic acids is 3. The second-order valence-electron chi connectivity index (χ2n) is 12.0. The summed E-state index contributed by atoms with van der Waals surface area (Å²) >= 11 is 0. The molecule has 1 saturated carbocycles. The van der Waals surface area contributed by atoms with Crippen LogP contribution in [0, 0.1) is 23.2 Å². The molecule has 12 heteroatoms. The molecule has 0 aromatic heterocycles. The lowest BCUT2D eigenvalue weighted by Gasteiger charge is -2.50. The SMILES string of the molecule is CN(C)c1cc(CNCc2ccc(C#N)cc2)c(O)c2c1C[C@@H]1C[C@@H]3C(N(C)C)C(=O)C(C(N)=O)=C(O)[C@]3(O)C(=O)C1=C2O. The standard InChI is InChI=1S/C32H35N5O7/c1-36(2)21-11-18(14-35-13-16-7-5-15(12-33)6-8-16)26(38)23-19(21)9-17-10-20-25(37(3)4)28(40)24(31(34)43)30(42)32(20,44)29(41)22(17)27(23)39/h5-8,11,17,20,25,35,38-39,42,44H,9-10,13-14H2,1-4H3,(H2,34,43)/t17-,20-,25?,32-/m1/s1. The lowest BCUT2D eigenvalue weighted by atomic mass is 9.57. The van der Waals surface area contributed by atoms with Crippen molar-refractivity contribution in [3.8, 4) is 11.8 Å². The Labute approximate surface area is 254 Å². The average molecular weight is 602 g/mol. The number of phenols is 1. The molecule has 4 atom stereocenters. The maximum atomic E-state index is 14.1. The lowest BCUT2D eigenvalue weighted by molar-refractivity contribution is -0.153. The number of nitriles is 1. The van der Waals surface area contributed by atoms with Gasteiger partial charge in [-0.2, -0.15) is 5.26 Å². The van der Waals surface area contributed by atoms with E-state index in [9.17, 15) is 34.8 Å². The zero-order valence-electron chi connectivity index (χ0n) is 24.9. The van der Waals surface area contributed by atoms with E-state index in [1.165, 1.54) is 4.90 Å². The van der Waals surface area contributed by atoms with Crippen LogP contribution in [0.25, 0.3) is 5.76 Å². The van der Waals surface area contributed by atoms with Gasteiger partial charge in [0.2, 0.25) is 5.78 Å². The monoisotopic (exact) mass is 601 g/mol. The number of carbonyl (C=O) groups is 3. The van der Waals surface area contributed by atoms with Crippen molar-refractivity contribution in [3.05, 3.63) is 75.1 Å². The van der Waals surface area contributed by atoms with Crippen LogP contribution in [0.2, 0.25) is 0 Å². The highest BCUT2D eigenvalue weighted by Gasteiger charge is 2.64. The third-order valence-corrected chi connectivity index (χ3v) is 8.99. The third kappa shape index (κ3) is 4.61. The topological polar surface area (TPSA) is 200 Å². The lowest BCUT2D eigenvalue weighted by Crippen LogP contribution is -2.65. The van der Waals surface area contributed by atoms with E-state index in [0.717, 1.165) is 5.56 Å². The first-order chi connectivity index (χ1) is 20.7. The molecule has 1 unspecified atom stereocenters. The molecule has 3 aliphatic rings. The van der Waals surface area contributed by atoms with Crippen LogP contribution < -0.4 is 16.0 Å². The van der Waals surface area contributed by atoms with Crippen LogP contribution in [0.1, 0.15) is 34.2 Å². The van der Waals surface area contributed by atoms with Crippen LogP contribution in [-0.4, -0.2) is 82.6 Å². The first kappa shape index (κ1) is 30.7. The fourth-order valence-electron chi connectivity index (χ4n) is 6.92. The summed E-state index contributed by atoms with van der Waals surface area (Å²) in [5.74, 6) is -6.80. The molecular weight excluding hydrogens is 566 g/mol. The summed E-state index contributed by atoms with van der Waals surface area (Å²) in [5, 5.41) is 58.2. The number of rotatable bonds is 7. The molecule has 0 aliphatic heterocycles. The van der Waals surface area contributed by atoms with E-state index in [1.54, 1.807) is 32.3 Å². The summed E-state index contributed by atoms with van der Waals surface area (Å²) in [4.78, 5) is 42.9. The molecule has 7 N–H and O–H groups in total. The molecule has 2 aromatic rings. The molecule has 0 saturated heterocycles. The van der Waals surface area contributed by atoms with Gasteiger partial charge in [0.25, 0.3) is 5.91 Å². The molecule has 0 radical (unpaired) electrons. The fourth-order valence-corrected chi connectivity index (χ4v) is 6.92. The molecule has 0 spiro atoms. The number of benzene rings is 2. The number of primary amides is 1. The van der Waals surface area contributed by atoms with Crippen molar-refractivity contribution in [3.63, 3.8) is 0 Å². The summed E-state index contributed by atoms with van der Waals surface area (Å²) in [7, 11) is 6.76. The number of amides is 1. The Hall–Kier alpha value is -4.70. The van der Waals surface area contributed by atoms with Crippen molar-refractivity contribution in [1.82, 2.24) is 10.2 Å². The molecule has 12 nitrogen and oxygen atoms in total. The Balaban J connectivity index is 1.59. The van der Waals surface area contributed by atoms with Gasteiger partial charge in [-0.15, -0.1) is 0 Å². The number of hydrogen-bond acceptors (Lipinski definition) is 11. The van der Waals surface area contributed by atoms with Crippen molar-refractivity contribution < 1.29 is 34.8 Å². The number of Topliss-reactive ketones (excluding diaryl/α,β-unsaturated/α-hetero) is 2. The van der Waals surface area contributed by atoms with E-state index in [1.807, 2.05) is 31.1 Å². The zero-order valence-corrected chi connectivity index (χ0v) is 24.9. The maximum Gasteiger partial charge on any atom is 0.255 e. The Morgan fingerprint density at radius 2 is 1.77 bits per heavy atom. The van der Waals surface area contributed by atoms with Gasteiger partial charge in [0.15, 0.2) is 11.4 Å². The van der Waals surface area contributed by atoms with Gasteiger partial charge < -0.3 is 36.4 Å². The largest absolute Gasteiger partial charge is 0.508 e. The second kappa shape index (κ2) is 11.1. The number of ketones is 2. The third-order valence-electron chi connectivity index (χ3n) is 8.99. The number of likely N-dealkylation sites (N-methyl/N-ethyl adjacent to an activating group) is 1. The molecule has 1 amide bonds. The van der Waals surface area contributed by atoms with E-state index in [4.69, 9.17) is 11.0 Å². The van der Waals surface area contributed by atoms with Gasteiger partial charge in [0.1, 0.15) is 22.8 Å². The smallest absolute Gasteiger partial charge is 0.255 e. The molecule has 3 aliphatic carbocycles. The van der Waals surface area contributed by atoms with Gasteiger partial charge in [-0.25, -0.2) is 0 Å². The van der Waals surface area contributed by atoms with Crippen molar-refractivity contribution in [2.75, 3.05) is 33.1 Å². The number of fused-ring (bicyclic) bond motifs is 3. The number of aromatic hydroxyl groups is 1. The van der Waals surface area contributed by atoms with Gasteiger partial charge in [-0.05, 0) is 62.2 Å². The highest BCUT2D eigenvalue weighted by atomic mass is 16.3. The second-order valence-corrected chi connectivity index (χ2v) is 12.0. The van der Waals surface area contributed by atoms with Crippen LogP contribution >= 0.6 is 0 Å². The van der Waals surface area contributed by atoms with E-state index in [0.29, 0.717) is 28.9 Å². The number of hydrogen-bond donors (Lipinski definition) is 6. The Morgan fingerprint density at radius 3 is 2.34 bits per heavy atom. The summed E-state index contributed by atoms with van der Waals surface area (Å²) < 4.78 is 0. The van der Waals surface area contributed by atoms with Crippen molar-refractivity contribution in [1.29, 1.82) is 5.26 Å². The van der Waals surface area contributed by atoms with E-state index in [2.05, 4.69) is 11.4 Å². The van der Waals surface area contributed by atoms with Gasteiger partial charge in [-0.1, -0.05) is 12.1 Å². The normalized spacial score (nSPS) is 24.5. The molecule has 44 heavy (non-hydrogen) atoms. The number of nitrogens with two attached hydrogens (primary N) is 1. The number of phenolic OH excluding ortho intramolecular Hbond substituents is 1. The number of aliphatic hydroxyl groups excluding tert-OH is 2. The average Bonchev–Trinajstić information content (AvgIpc) is 2.96. The Morgan fingerprint density at radius 1 is 1.11 bits per heavy atom. The van der Waals surface area contributed by atoms with Gasteiger partial charge in [-0.3, -0.25) is 19.3 Å². The number of nitrogens with zero attached hydrogens (tertiary/aromatic N) is 3. The number of anilines is 1. The van der Waals surface area contributed by atoms with E-state index in [-0.39, 0.29) is 36.3 Å².